The smallest absolute Gasteiger partial charge is 0.0687 e. The molecule has 0 aromatic rings. The number of hydrogen-bond acceptors (Lipinski definition) is 6. The number of hydrazone groups is 1. The van der Waals surface area contributed by atoms with Gasteiger partial charge in [0.1, 0.15) is 0 Å². The van der Waals surface area contributed by atoms with Crippen molar-refractivity contribution in [2.45, 2.75) is 6.92 Å². The molecule has 0 aromatic carbocycles. The van der Waals surface area contributed by atoms with Crippen LogP contribution in [0.4, 0.5) is 0 Å². The molecule has 6 heteroatoms. The lowest BCUT2D eigenvalue weighted by Crippen LogP contribution is -2.18. The molecular weight excluding hydrogens is 204 g/mol. The molecule has 76 valence electrons. The van der Waals surface area contributed by atoms with Crippen LogP contribution in [-0.4, -0.2) is 29.1 Å². The average Bonchev–Trinajstić information content (AvgIpc) is 2.16. The van der Waals surface area contributed by atoms with Crippen molar-refractivity contribution in [3.8, 4) is 0 Å². The van der Waals surface area contributed by atoms with Gasteiger partial charge in [0.15, 0.2) is 0 Å². The minimum atomic E-state index is 0.740. The van der Waals surface area contributed by atoms with Crippen LogP contribution in [0.15, 0.2) is 17.5 Å². The fraction of sp³-hybridized carbons (Fsp3) is 0.571. The van der Waals surface area contributed by atoms with Gasteiger partial charge in [0.05, 0.1) is 12.3 Å². The van der Waals surface area contributed by atoms with E-state index < -0.39 is 0 Å². The minimum absolute atomic E-state index is 0.740. The summed E-state index contributed by atoms with van der Waals surface area (Å²) in [5.41, 5.74) is 0.906. The van der Waals surface area contributed by atoms with E-state index in [1.54, 1.807) is 23.9 Å². The zero-order valence-electron chi connectivity index (χ0n) is 8.15. The Balaban J connectivity index is 3.89. The third-order valence-corrected chi connectivity index (χ3v) is 2.36. The Hall–Kier alpha value is -0.490. The van der Waals surface area contributed by atoms with E-state index in [-0.39, 0.29) is 0 Å². The maximum absolute atomic E-state index is 5.14. The molecule has 0 heterocycles. The van der Waals surface area contributed by atoms with Crippen LogP contribution in [0.2, 0.25) is 0 Å². The maximum Gasteiger partial charge on any atom is 0.0687 e. The topological polar surface area (TPSA) is 53.6 Å². The highest BCUT2D eigenvalue weighted by Gasteiger charge is 1.98. The van der Waals surface area contributed by atoms with E-state index in [0.29, 0.717) is 0 Å². The van der Waals surface area contributed by atoms with E-state index >= 15 is 0 Å². The first-order valence-electron chi connectivity index (χ1n) is 3.73. The molecule has 0 unspecified atom stereocenters. The quantitative estimate of drug-likeness (QED) is 0.305. The van der Waals surface area contributed by atoms with E-state index in [1.165, 1.54) is 0 Å². The second-order valence-electron chi connectivity index (χ2n) is 2.26. The van der Waals surface area contributed by atoms with Crippen molar-refractivity contribution in [2.75, 3.05) is 19.1 Å². The van der Waals surface area contributed by atoms with Gasteiger partial charge < -0.3 is 14.9 Å². The fourth-order valence-electron chi connectivity index (χ4n) is 0.626. The highest BCUT2D eigenvalue weighted by Crippen LogP contribution is 2.05. The third-order valence-electron chi connectivity index (χ3n) is 1.27. The molecular formula is C7H16N4S2. The van der Waals surface area contributed by atoms with Crippen LogP contribution in [-0.2, 0) is 0 Å². The van der Waals surface area contributed by atoms with Gasteiger partial charge in [-0.3, -0.25) is 0 Å². The Kier molecular flexibility index (Phi) is 7.82. The first-order valence-corrected chi connectivity index (χ1v) is 6.14. The van der Waals surface area contributed by atoms with E-state index in [2.05, 4.69) is 9.82 Å². The van der Waals surface area contributed by atoms with Gasteiger partial charge in [-0.2, -0.15) is 5.10 Å². The summed E-state index contributed by atoms with van der Waals surface area (Å²) in [6, 6.07) is 0. The largest absolute Gasteiger partial charge is 0.335 e. The van der Waals surface area contributed by atoms with Gasteiger partial charge in [-0.1, -0.05) is 23.9 Å². The molecule has 0 rings (SSSR count). The van der Waals surface area contributed by atoms with Gasteiger partial charge in [-0.25, -0.2) is 0 Å². The van der Waals surface area contributed by atoms with Crippen LogP contribution in [0.5, 0.6) is 0 Å². The van der Waals surface area contributed by atoms with Crippen LogP contribution in [0.3, 0.4) is 0 Å². The fourth-order valence-corrected chi connectivity index (χ4v) is 1.32. The molecule has 4 nitrogen and oxygen atoms in total. The second-order valence-corrected chi connectivity index (χ2v) is 3.74. The predicted octanol–water partition coefficient (Wildman–Crippen LogP) is 1.24. The number of nitrogens with two attached hydrogens (primary N) is 1. The second kappa shape index (κ2) is 8.12. The average molecular weight is 220 g/mol. The monoisotopic (exact) mass is 220 g/mol. The highest BCUT2D eigenvalue weighted by atomic mass is 32.2. The van der Waals surface area contributed by atoms with Gasteiger partial charge in [0.2, 0.25) is 0 Å². The summed E-state index contributed by atoms with van der Waals surface area (Å²) >= 11 is 3.18. The number of hydrogen-bond donors (Lipinski definition) is 2. The van der Waals surface area contributed by atoms with Crippen LogP contribution < -0.4 is 10.6 Å². The number of rotatable bonds is 6. The summed E-state index contributed by atoms with van der Waals surface area (Å²) in [6.07, 6.45) is 7.81. The predicted molar refractivity (Wildman–Crippen MR) is 63.3 cm³/mol. The molecule has 0 saturated heterocycles. The Labute approximate surface area is 88.3 Å². The van der Waals surface area contributed by atoms with Crippen LogP contribution in [0.25, 0.3) is 0 Å². The highest BCUT2D eigenvalue weighted by molar-refractivity contribution is 7.96. The van der Waals surface area contributed by atoms with E-state index in [9.17, 15) is 0 Å². The summed E-state index contributed by atoms with van der Waals surface area (Å²) in [6.45, 7) is 2.64. The molecule has 0 fully saturated rings. The molecule has 0 aromatic heterocycles. The lowest BCUT2D eigenvalue weighted by Gasteiger charge is -2.15. The summed E-state index contributed by atoms with van der Waals surface area (Å²) in [5.74, 6) is 5.14. The van der Waals surface area contributed by atoms with Crippen molar-refractivity contribution >= 4 is 29.6 Å². The molecule has 0 atom stereocenters. The van der Waals surface area contributed by atoms with Crippen LogP contribution >= 0.6 is 23.9 Å². The Bertz CT molecular complexity index is 181. The molecule has 0 amide bonds. The van der Waals surface area contributed by atoms with Gasteiger partial charge in [0.25, 0.3) is 0 Å². The van der Waals surface area contributed by atoms with Gasteiger partial charge in [0, 0.05) is 24.9 Å². The molecule has 0 aliphatic rings. The Morgan fingerprint density at radius 2 is 2.31 bits per heavy atom. The summed E-state index contributed by atoms with van der Waals surface area (Å²) in [7, 11) is 0. The van der Waals surface area contributed by atoms with E-state index in [1.807, 2.05) is 36.1 Å². The summed E-state index contributed by atoms with van der Waals surface area (Å²) < 4.78 is 5.05. The zero-order valence-corrected chi connectivity index (χ0v) is 9.78. The van der Waals surface area contributed by atoms with Gasteiger partial charge in [-0.05, 0) is 6.92 Å². The minimum Gasteiger partial charge on any atom is -0.335 e. The van der Waals surface area contributed by atoms with Crippen molar-refractivity contribution < 1.29 is 0 Å². The number of nitrogens with zero attached hydrogens (tertiary/aromatic N) is 2. The first-order chi connectivity index (χ1) is 6.24. The Morgan fingerprint density at radius 1 is 1.62 bits per heavy atom. The first kappa shape index (κ1) is 12.5. The van der Waals surface area contributed by atoms with Crippen molar-refractivity contribution in [2.24, 2.45) is 10.9 Å². The normalized spacial score (nSPS) is 12.1. The van der Waals surface area contributed by atoms with Crippen molar-refractivity contribution in [1.82, 2.24) is 9.03 Å². The molecule has 13 heavy (non-hydrogen) atoms. The Morgan fingerprint density at radius 3 is 2.77 bits per heavy atom. The summed E-state index contributed by atoms with van der Waals surface area (Å²) in [5, 5.41) is 3.61. The molecule has 3 N–H and O–H groups in total. The van der Waals surface area contributed by atoms with Gasteiger partial charge >= 0.3 is 0 Å². The molecule has 0 aliphatic heterocycles. The molecule has 0 bridgehead atoms. The van der Waals surface area contributed by atoms with Crippen molar-refractivity contribution in [1.29, 1.82) is 0 Å². The molecule has 0 saturated carbocycles. The van der Waals surface area contributed by atoms with Crippen molar-refractivity contribution in [3.05, 3.63) is 12.4 Å². The third kappa shape index (κ3) is 6.65. The zero-order chi connectivity index (χ0) is 10.1. The van der Waals surface area contributed by atoms with Gasteiger partial charge in [-0.15, -0.1) is 0 Å². The van der Waals surface area contributed by atoms with Crippen LogP contribution in [0, 0.1) is 0 Å². The maximum atomic E-state index is 5.14. The molecule has 0 radical (unpaired) electrons. The van der Waals surface area contributed by atoms with Crippen LogP contribution in [0.1, 0.15) is 6.92 Å². The SMILES string of the molecule is CSN/C=C\N(C/C(C)=N/N)SC. The van der Waals surface area contributed by atoms with E-state index in [4.69, 9.17) is 5.84 Å². The van der Waals surface area contributed by atoms with E-state index in [0.717, 1.165) is 12.3 Å². The lowest BCUT2D eigenvalue weighted by atomic mass is 10.4. The lowest BCUT2D eigenvalue weighted by molar-refractivity contribution is 0.714. The molecule has 0 aliphatic carbocycles. The summed E-state index contributed by atoms with van der Waals surface area (Å²) in [4.78, 5) is 0. The van der Waals surface area contributed by atoms with Crippen molar-refractivity contribution in [3.63, 3.8) is 0 Å². The standard InChI is InChI=1S/C7H16N4S2/c1-7(10-8)6-11(13-3)5-4-9-12-2/h4-5,9H,6,8H2,1-3H3/b5-4-,10-7+. The molecule has 0 spiro atoms. The number of nitrogens with one attached hydrogen (secondary N) is 1.